The Bertz CT molecular complexity index is 1710. The molecule has 1 aliphatic carbocycles. The van der Waals surface area contributed by atoms with Gasteiger partial charge in [0.05, 0.1) is 40.1 Å². The molecule has 9 heteroatoms. The number of benzene rings is 5. The molecule has 9 nitrogen and oxygen atoms in total. The summed E-state index contributed by atoms with van der Waals surface area (Å²) in [6, 6.07) is 47.1. The van der Waals surface area contributed by atoms with Gasteiger partial charge in [0.25, 0.3) is 0 Å². The van der Waals surface area contributed by atoms with E-state index in [1.807, 2.05) is 146 Å². The maximum absolute atomic E-state index is 12.2. The summed E-state index contributed by atoms with van der Waals surface area (Å²) in [5.41, 5.74) is 4.86. The molecule has 1 N–H and O–H groups in total. The molecule has 6 rings (SSSR count). The normalized spacial score (nSPS) is 21.3. The molecule has 53 heavy (non-hydrogen) atoms. The second-order valence-electron chi connectivity index (χ2n) is 12.8. The Balaban J connectivity index is 1.28. The third kappa shape index (κ3) is 11.5. The molecular formula is C44H48O9. The molecule has 0 spiro atoms. The van der Waals surface area contributed by atoms with Crippen LogP contribution in [0, 0.1) is 0 Å². The summed E-state index contributed by atoms with van der Waals surface area (Å²) < 4.78 is 50.1. The highest BCUT2D eigenvalue weighted by atomic mass is 16.7. The summed E-state index contributed by atoms with van der Waals surface area (Å²) in [5.74, 6) is 0.742. The SMILES string of the molecule is COc1ccc(CO[C@H]2[C@H](OCc3ccccc3)[C@@H](OCc3ccccc3)[C@@H](OCOCc3ccccc3)C(O)[C@@H]2OCOCc2ccccc2)cc1. The van der Waals surface area contributed by atoms with Gasteiger partial charge in [0.2, 0.25) is 0 Å². The predicted molar refractivity (Wildman–Crippen MR) is 200 cm³/mol. The van der Waals surface area contributed by atoms with Crippen molar-refractivity contribution in [1.29, 1.82) is 0 Å². The zero-order valence-electron chi connectivity index (χ0n) is 30.0. The Kier molecular flexibility index (Phi) is 15.0. The van der Waals surface area contributed by atoms with Crippen molar-refractivity contribution < 1.29 is 43.0 Å². The van der Waals surface area contributed by atoms with Gasteiger partial charge in [-0.25, -0.2) is 0 Å². The lowest BCUT2D eigenvalue weighted by Crippen LogP contribution is -2.67. The van der Waals surface area contributed by atoms with E-state index in [-0.39, 0.29) is 33.4 Å². The third-order valence-electron chi connectivity index (χ3n) is 9.05. The number of aliphatic hydroxyl groups excluding tert-OH is 1. The zero-order valence-corrected chi connectivity index (χ0v) is 30.0. The lowest BCUT2D eigenvalue weighted by molar-refractivity contribution is -0.299. The number of hydrogen-bond acceptors (Lipinski definition) is 9. The van der Waals surface area contributed by atoms with E-state index < -0.39 is 36.6 Å². The Morgan fingerprint density at radius 3 is 1.06 bits per heavy atom. The van der Waals surface area contributed by atoms with Crippen LogP contribution in [0.1, 0.15) is 27.8 Å². The number of hydrogen-bond donors (Lipinski definition) is 1. The molecule has 5 aromatic carbocycles. The Hall–Kier alpha value is -4.42. The highest BCUT2D eigenvalue weighted by Crippen LogP contribution is 2.34. The molecule has 6 atom stereocenters. The Morgan fingerprint density at radius 2 is 0.698 bits per heavy atom. The van der Waals surface area contributed by atoms with Gasteiger partial charge in [-0.05, 0) is 39.9 Å². The Morgan fingerprint density at radius 1 is 0.377 bits per heavy atom. The van der Waals surface area contributed by atoms with Crippen molar-refractivity contribution in [3.05, 3.63) is 173 Å². The predicted octanol–water partition coefficient (Wildman–Crippen LogP) is 7.24. The summed E-state index contributed by atoms with van der Waals surface area (Å²) in [7, 11) is 1.63. The molecule has 0 heterocycles. The van der Waals surface area contributed by atoms with E-state index in [1.54, 1.807) is 7.11 Å². The molecule has 1 unspecified atom stereocenters. The Labute approximate surface area is 311 Å². The van der Waals surface area contributed by atoms with Gasteiger partial charge in [-0.15, -0.1) is 0 Å². The summed E-state index contributed by atoms with van der Waals surface area (Å²) in [6.07, 6.45) is -5.33. The van der Waals surface area contributed by atoms with Crippen LogP contribution in [0.5, 0.6) is 5.75 Å². The zero-order chi connectivity index (χ0) is 36.5. The molecule has 5 aromatic rings. The number of rotatable bonds is 20. The fourth-order valence-electron chi connectivity index (χ4n) is 6.26. The summed E-state index contributed by atoms with van der Waals surface area (Å²) in [6.45, 7) is 1.22. The standard InChI is InChI=1S/C44H48O9/c1-46-38-24-22-37(23-25-38)30-50-43-41(53-32-48-27-34-16-8-3-9-17-34)39(45)40(52-31-47-26-33-14-6-2-7-15-33)42(49-28-35-18-10-4-11-19-35)44(43)51-29-36-20-12-5-13-21-36/h2-25,39-45H,26-32H2,1H3/t39?,40-,41-,42-,43+,44+/m0/s1. The molecule has 0 radical (unpaired) electrons. The first-order valence-electron chi connectivity index (χ1n) is 17.9. The van der Waals surface area contributed by atoms with Crippen LogP contribution in [0.3, 0.4) is 0 Å². The average Bonchev–Trinajstić information content (AvgIpc) is 3.22. The first-order valence-corrected chi connectivity index (χ1v) is 17.9. The van der Waals surface area contributed by atoms with Crippen molar-refractivity contribution in [1.82, 2.24) is 0 Å². The van der Waals surface area contributed by atoms with Crippen LogP contribution in [0.4, 0.5) is 0 Å². The molecule has 278 valence electrons. The van der Waals surface area contributed by atoms with Gasteiger partial charge in [-0.2, -0.15) is 0 Å². The summed E-state index contributed by atoms with van der Waals surface area (Å²) in [4.78, 5) is 0. The van der Waals surface area contributed by atoms with Gasteiger partial charge in [0.15, 0.2) is 0 Å². The van der Waals surface area contributed by atoms with E-state index in [4.69, 9.17) is 37.9 Å². The second-order valence-corrected chi connectivity index (χ2v) is 12.8. The maximum Gasteiger partial charge on any atom is 0.147 e. The molecule has 0 aromatic heterocycles. The lowest BCUT2D eigenvalue weighted by Gasteiger charge is -2.48. The smallest absolute Gasteiger partial charge is 0.147 e. The second kappa shape index (κ2) is 20.7. The molecule has 0 bridgehead atoms. The minimum atomic E-state index is -1.20. The fourth-order valence-corrected chi connectivity index (χ4v) is 6.26. The molecule has 1 aliphatic rings. The fraction of sp³-hybridized carbons (Fsp3) is 0.318. The van der Waals surface area contributed by atoms with E-state index in [9.17, 15) is 5.11 Å². The van der Waals surface area contributed by atoms with Crippen molar-refractivity contribution in [3.63, 3.8) is 0 Å². The molecular weight excluding hydrogens is 672 g/mol. The van der Waals surface area contributed by atoms with Gasteiger partial charge < -0.3 is 43.0 Å². The number of methoxy groups -OCH3 is 1. The van der Waals surface area contributed by atoms with E-state index in [2.05, 4.69) is 0 Å². The monoisotopic (exact) mass is 720 g/mol. The van der Waals surface area contributed by atoms with Crippen LogP contribution in [-0.2, 0) is 66.2 Å². The number of ether oxygens (including phenoxy) is 8. The highest BCUT2D eigenvalue weighted by Gasteiger charge is 2.54. The van der Waals surface area contributed by atoms with Crippen LogP contribution in [-0.4, -0.2) is 62.4 Å². The van der Waals surface area contributed by atoms with Crippen LogP contribution in [0.15, 0.2) is 146 Å². The van der Waals surface area contributed by atoms with Crippen molar-refractivity contribution in [2.24, 2.45) is 0 Å². The lowest BCUT2D eigenvalue weighted by atomic mass is 9.84. The van der Waals surface area contributed by atoms with Crippen LogP contribution in [0.25, 0.3) is 0 Å². The van der Waals surface area contributed by atoms with Crippen molar-refractivity contribution in [2.75, 3.05) is 20.7 Å². The van der Waals surface area contributed by atoms with Gasteiger partial charge >= 0.3 is 0 Å². The molecule has 1 saturated carbocycles. The van der Waals surface area contributed by atoms with Crippen molar-refractivity contribution >= 4 is 0 Å². The van der Waals surface area contributed by atoms with E-state index in [1.165, 1.54) is 0 Å². The first-order chi connectivity index (χ1) is 26.2. The molecule has 1 fully saturated rings. The van der Waals surface area contributed by atoms with E-state index in [0.29, 0.717) is 13.2 Å². The van der Waals surface area contributed by atoms with E-state index >= 15 is 0 Å². The van der Waals surface area contributed by atoms with Crippen molar-refractivity contribution in [2.45, 2.75) is 69.7 Å². The number of aliphatic hydroxyl groups is 1. The topological polar surface area (TPSA) is 94.1 Å². The maximum atomic E-state index is 12.2. The summed E-state index contributed by atoms with van der Waals surface area (Å²) >= 11 is 0. The first kappa shape index (κ1) is 38.3. The van der Waals surface area contributed by atoms with Crippen LogP contribution in [0.2, 0.25) is 0 Å². The minimum absolute atomic E-state index is 0.0954. The largest absolute Gasteiger partial charge is 0.497 e. The van der Waals surface area contributed by atoms with E-state index in [0.717, 1.165) is 33.6 Å². The third-order valence-corrected chi connectivity index (χ3v) is 9.05. The highest BCUT2D eigenvalue weighted by molar-refractivity contribution is 5.27. The summed E-state index contributed by atoms with van der Waals surface area (Å²) in [5, 5.41) is 12.2. The molecule has 0 aliphatic heterocycles. The van der Waals surface area contributed by atoms with Crippen LogP contribution >= 0.6 is 0 Å². The molecule has 0 amide bonds. The van der Waals surface area contributed by atoms with Crippen LogP contribution < -0.4 is 4.74 Å². The van der Waals surface area contributed by atoms with Gasteiger partial charge in [-0.1, -0.05) is 133 Å². The quantitative estimate of drug-likeness (QED) is 0.0660. The average molecular weight is 721 g/mol. The van der Waals surface area contributed by atoms with Gasteiger partial charge in [0, 0.05) is 0 Å². The minimum Gasteiger partial charge on any atom is -0.497 e. The van der Waals surface area contributed by atoms with Gasteiger partial charge in [-0.3, -0.25) is 0 Å². The van der Waals surface area contributed by atoms with Crippen molar-refractivity contribution in [3.8, 4) is 5.75 Å². The molecule has 0 saturated heterocycles. The van der Waals surface area contributed by atoms with Gasteiger partial charge in [0.1, 0.15) is 56.0 Å².